The molecule has 104 valence electrons. The first-order valence-electron chi connectivity index (χ1n) is 5.70. The summed E-state index contributed by atoms with van der Waals surface area (Å²) in [6, 6.07) is 6.47. The topological polar surface area (TPSA) is 55.1 Å². The number of carbonyl (C=O) groups is 1. The van der Waals surface area contributed by atoms with Crippen molar-refractivity contribution in [2.24, 2.45) is 0 Å². The number of nitrogens with two attached hydrogens (primary N) is 1. The first-order valence-corrected chi connectivity index (χ1v) is 6.08. The lowest BCUT2D eigenvalue weighted by Crippen LogP contribution is -2.15. The van der Waals surface area contributed by atoms with Crippen LogP contribution in [-0.4, -0.2) is 5.91 Å². The molecule has 0 radical (unpaired) electrons. The lowest BCUT2D eigenvalue weighted by atomic mass is 10.1. The van der Waals surface area contributed by atoms with Gasteiger partial charge in [0.15, 0.2) is 11.6 Å². The molecule has 0 saturated carbocycles. The smallest absolute Gasteiger partial charge is 0.257 e. The minimum atomic E-state index is -1.13. The summed E-state index contributed by atoms with van der Waals surface area (Å²) in [6.07, 6.45) is 0. The lowest BCUT2D eigenvalue weighted by Gasteiger charge is -2.09. The molecule has 6 heteroatoms. The zero-order valence-corrected chi connectivity index (χ0v) is 11.3. The van der Waals surface area contributed by atoms with Gasteiger partial charge in [0.2, 0.25) is 0 Å². The van der Waals surface area contributed by atoms with E-state index >= 15 is 0 Å². The number of carbonyl (C=O) groups excluding carboxylic acids is 1. The SMILES string of the molecule is Cc1ccc(NC(=O)c2cc(F)c(F)cc2N)cc1Cl. The Kier molecular flexibility index (Phi) is 3.90. The van der Waals surface area contributed by atoms with Gasteiger partial charge in [0, 0.05) is 22.5 Å². The van der Waals surface area contributed by atoms with E-state index in [0.717, 1.165) is 17.7 Å². The van der Waals surface area contributed by atoms with Gasteiger partial charge >= 0.3 is 0 Å². The molecule has 0 atom stereocenters. The molecule has 2 rings (SSSR count). The van der Waals surface area contributed by atoms with Crippen LogP contribution >= 0.6 is 11.6 Å². The molecule has 0 heterocycles. The highest BCUT2D eigenvalue weighted by Crippen LogP contribution is 2.22. The number of amides is 1. The van der Waals surface area contributed by atoms with Crippen molar-refractivity contribution in [1.82, 2.24) is 0 Å². The molecule has 0 fully saturated rings. The predicted octanol–water partition coefficient (Wildman–Crippen LogP) is 3.76. The highest BCUT2D eigenvalue weighted by Gasteiger charge is 2.14. The monoisotopic (exact) mass is 296 g/mol. The Balaban J connectivity index is 2.28. The van der Waals surface area contributed by atoms with Gasteiger partial charge in [-0.15, -0.1) is 0 Å². The van der Waals surface area contributed by atoms with E-state index in [4.69, 9.17) is 17.3 Å². The van der Waals surface area contributed by atoms with Gasteiger partial charge < -0.3 is 11.1 Å². The molecule has 1 amide bonds. The summed E-state index contributed by atoms with van der Waals surface area (Å²) < 4.78 is 26.1. The third kappa shape index (κ3) is 2.88. The average molecular weight is 297 g/mol. The summed E-state index contributed by atoms with van der Waals surface area (Å²) >= 11 is 5.93. The van der Waals surface area contributed by atoms with E-state index in [1.807, 2.05) is 6.92 Å². The normalized spacial score (nSPS) is 10.4. The minimum absolute atomic E-state index is 0.138. The van der Waals surface area contributed by atoms with Gasteiger partial charge in [0.25, 0.3) is 5.91 Å². The fraction of sp³-hybridized carbons (Fsp3) is 0.0714. The fourth-order valence-electron chi connectivity index (χ4n) is 1.63. The number of hydrogen-bond donors (Lipinski definition) is 2. The van der Waals surface area contributed by atoms with Crippen molar-refractivity contribution >= 4 is 28.9 Å². The van der Waals surface area contributed by atoms with E-state index in [1.165, 1.54) is 0 Å². The van der Waals surface area contributed by atoms with E-state index < -0.39 is 17.5 Å². The lowest BCUT2D eigenvalue weighted by molar-refractivity contribution is 0.102. The van der Waals surface area contributed by atoms with Gasteiger partial charge in [-0.05, 0) is 30.7 Å². The maximum absolute atomic E-state index is 13.1. The number of aryl methyl sites for hydroxylation is 1. The molecule has 0 saturated heterocycles. The Morgan fingerprint density at radius 1 is 1.20 bits per heavy atom. The van der Waals surface area contributed by atoms with Crippen LogP contribution in [0.1, 0.15) is 15.9 Å². The number of benzene rings is 2. The molecule has 3 N–H and O–H groups in total. The van der Waals surface area contributed by atoms with E-state index in [1.54, 1.807) is 18.2 Å². The summed E-state index contributed by atoms with van der Waals surface area (Å²) in [5, 5.41) is 3.01. The van der Waals surface area contributed by atoms with Crippen LogP contribution in [0.25, 0.3) is 0 Å². The van der Waals surface area contributed by atoms with Crippen molar-refractivity contribution in [3.05, 3.63) is 58.1 Å². The summed E-state index contributed by atoms with van der Waals surface area (Å²) in [5.41, 5.74) is 6.53. The van der Waals surface area contributed by atoms with Gasteiger partial charge in [-0.2, -0.15) is 0 Å². The summed E-state index contributed by atoms with van der Waals surface area (Å²) in [4.78, 5) is 12.0. The van der Waals surface area contributed by atoms with Crippen molar-refractivity contribution < 1.29 is 13.6 Å². The first kappa shape index (κ1) is 14.3. The maximum atomic E-state index is 13.1. The summed E-state index contributed by atoms with van der Waals surface area (Å²) in [5.74, 6) is -2.87. The van der Waals surface area contributed by atoms with Gasteiger partial charge in [0.05, 0.1) is 5.56 Å². The number of hydrogen-bond acceptors (Lipinski definition) is 2. The number of nitrogens with one attached hydrogen (secondary N) is 1. The Labute approximate surface area is 119 Å². The van der Waals surface area contributed by atoms with Crippen LogP contribution in [0.15, 0.2) is 30.3 Å². The Morgan fingerprint density at radius 2 is 1.85 bits per heavy atom. The second-order valence-corrected chi connectivity index (χ2v) is 4.68. The molecule has 0 aliphatic rings. The van der Waals surface area contributed by atoms with Crippen molar-refractivity contribution in [3.8, 4) is 0 Å². The van der Waals surface area contributed by atoms with E-state index in [-0.39, 0.29) is 11.3 Å². The number of halogens is 3. The maximum Gasteiger partial charge on any atom is 0.257 e. The summed E-state index contributed by atoms with van der Waals surface area (Å²) in [6.45, 7) is 1.82. The molecule has 0 aliphatic carbocycles. The third-order valence-corrected chi connectivity index (χ3v) is 3.17. The molecular formula is C14H11ClF2N2O. The Bertz CT molecular complexity index is 689. The molecule has 3 nitrogen and oxygen atoms in total. The Morgan fingerprint density at radius 3 is 2.50 bits per heavy atom. The van der Waals surface area contributed by atoms with E-state index in [0.29, 0.717) is 10.7 Å². The molecular weight excluding hydrogens is 286 g/mol. The van der Waals surface area contributed by atoms with E-state index in [9.17, 15) is 13.6 Å². The van der Waals surface area contributed by atoms with Crippen LogP contribution in [0.5, 0.6) is 0 Å². The first-order chi connectivity index (χ1) is 9.38. The molecule has 0 aliphatic heterocycles. The highest BCUT2D eigenvalue weighted by molar-refractivity contribution is 6.31. The zero-order valence-electron chi connectivity index (χ0n) is 10.5. The van der Waals surface area contributed by atoms with Gasteiger partial charge in [-0.25, -0.2) is 8.78 Å². The van der Waals surface area contributed by atoms with Crippen molar-refractivity contribution in [1.29, 1.82) is 0 Å². The molecule has 0 spiro atoms. The molecule has 0 bridgehead atoms. The van der Waals surface area contributed by atoms with Crippen LogP contribution in [0.4, 0.5) is 20.2 Å². The van der Waals surface area contributed by atoms with Gasteiger partial charge in [-0.1, -0.05) is 17.7 Å². The van der Waals surface area contributed by atoms with Crippen LogP contribution < -0.4 is 11.1 Å². The molecule has 0 unspecified atom stereocenters. The molecule has 0 aromatic heterocycles. The largest absolute Gasteiger partial charge is 0.398 e. The fourth-order valence-corrected chi connectivity index (χ4v) is 1.81. The van der Waals surface area contributed by atoms with Crippen molar-refractivity contribution in [2.45, 2.75) is 6.92 Å². The third-order valence-electron chi connectivity index (χ3n) is 2.77. The van der Waals surface area contributed by atoms with Crippen LogP contribution in [0.3, 0.4) is 0 Å². The van der Waals surface area contributed by atoms with E-state index in [2.05, 4.69) is 5.32 Å². The molecule has 2 aromatic carbocycles. The van der Waals surface area contributed by atoms with Gasteiger partial charge in [0.1, 0.15) is 0 Å². The molecule has 2 aromatic rings. The summed E-state index contributed by atoms with van der Waals surface area (Å²) in [7, 11) is 0. The van der Waals surface area contributed by atoms with Crippen LogP contribution in [0, 0.1) is 18.6 Å². The minimum Gasteiger partial charge on any atom is -0.398 e. The second kappa shape index (κ2) is 5.46. The highest BCUT2D eigenvalue weighted by atomic mass is 35.5. The average Bonchev–Trinajstić information content (AvgIpc) is 2.38. The van der Waals surface area contributed by atoms with Gasteiger partial charge in [-0.3, -0.25) is 4.79 Å². The van der Waals surface area contributed by atoms with Crippen molar-refractivity contribution in [3.63, 3.8) is 0 Å². The second-order valence-electron chi connectivity index (χ2n) is 4.27. The quantitative estimate of drug-likeness (QED) is 0.829. The number of anilines is 2. The zero-order chi connectivity index (χ0) is 14.9. The predicted molar refractivity (Wildman–Crippen MR) is 74.9 cm³/mol. The van der Waals surface area contributed by atoms with Crippen LogP contribution in [-0.2, 0) is 0 Å². The Hall–Kier alpha value is -2.14. The number of nitrogen functional groups attached to an aromatic ring is 1. The molecule has 20 heavy (non-hydrogen) atoms. The van der Waals surface area contributed by atoms with Crippen LogP contribution in [0.2, 0.25) is 5.02 Å². The number of rotatable bonds is 2. The standard InChI is InChI=1S/C14H11ClF2N2O/c1-7-2-3-8(4-10(7)15)19-14(20)9-5-11(16)12(17)6-13(9)18/h2-6H,18H2,1H3,(H,19,20). The van der Waals surface area contributed by atoms with Crippen molar-refractivity contribution in [2.75, 3.05) is 11.1 Å².